The minimum absolute atomic E-state index is 0.0204. The van der Waals surface area contributed by atoms with Crippen molar-refractivity contribution in [2.45, 2.75) is 30.2 Å². The molecule has 4 rings (SSSR count). The fourth-order valence-corrected chi connectivity index (χ4v) is 4.34. The number of carbonyl (C=O) groups is 2. The van der Waals surface area contributed by atoms with E-state index in [4.69, 9.17) is 4.74 Å². The van der Waals surface area contributed by atoms with Gasteiger partial charge in [-0.15, -0.1) is 11.8 Å². The number of anilines is 1. The number of carbonyl (C=O) groups excluding carboxylic acids is 2. The van der Waals surface area contributed by atoms with Crippen molar-refractivity contribution < 1.29 is 14.3 Å². The molecular formula is C18H22N2O3S. The molecule has 5 nitrogen and oxygen atoms in total. The number of hydrogen-bond acceptors (Lipinski definition) is 4. The Kier molecular flexibility index (Phi) is 4.50. The first-order valence-electron chi connectivity index (χ1n) is 8.62. The van der Waals surface area contributed by atoms with Gasteiger partial charge in [0.25, 0.3) is 0 Å². The van der Waals surface area contributed by atoms with Crippen molar-refractivity contribution in [1.82, 2.24) is 4.90 Å². The highest BCUT2D eigenvalue weighted by atomic mass is 32.2. The Balaban J connectivity index is 1.48. The summed E-state index contributed by atoms with van der Waals surface area (Å²) in [6.45, 7) is 2.47. The maximum atomic E-state index is 12.9. The summed E-state index contributed by atoms with van der Waals surface area (Å²) in [5.74, 6) is 0.936. The number of nitrogens with zero attached hydrogens (tertiary/aromatic N) is 2. The summed E-state index contributed by atoms with van der Waals surface area (Å²) in [5, 5.41) is 0. The quantitative estimate of drug-likeness (QED) is 0.820. The van der Waals surface area contributed by atoms with Crippen LogP contribution in [-0.4, -0.2) is 54.8 Å². The third kappa shape index (κ3) is 3.30. The minimum Gasteiger partial charge on any atom is -0.381 e. The maximum Gasteiger partial charge on any atom is 0.242 e. The van der Waals surface area contributed by atoms with Gasteiger partial charge in [-0.25, -0.2) is 0 Å². The number of benzene rings is 1. The second-order valence-electron chi connectivity index (χ2n) is 6.74. The van der Waals surface area contributed by atoms with Crippen LogP contribution in [0.15, 0.2) is 29.2 Å². The number of fused-ring (bicyclic) bond motifs is 1. The lowest BCUT2D eigenvalue weighted by atomic mass is 10.1. The van der Waals surface area contributed by atoms with E-state index in [1.165, 1.54) is 0 Å². The molecule has 1 aromatic rings. The van der Waals surface area contributed by atoms with E-state index in [0.29, 0.717) is 17.7 Å². The summed E-state index contributed by atoms with van der Waals surface area (Å²) in [7, 11) is 0. The predicted octanol–water partition coefficient (Wildman–Crippen LogP) is 2.15. The zero-order valence-corrected chi connectivity index (χ0v) is 14.5. The zero-order valence-electron chi connectivity index (χ0n) is 13.6. The first-order valence-corrected chi connectivity index (χ1v) is 9.60. The molecule has 128 valence electrons. The monoisotopic (exact) mass is 346 g/mol. The third-order valence-electron chi connectivity index (χ3n) is 4.89. The van der Waals surface area contributed by atoms with Crippen LogP contribution in [0.5, 0.6) is 0 Å². The van der Waals surface area contributed by atoms with Gasteiger partial charge in [0.2, 0.25) is 11.8 Å². The van der Waals surface area contributed by atoms with E-state index in [1.54, 1.807) is 16.7 Å². The molecular weight excluding hydrogens is 324 g/mol. The van der Waals surface area contributed by atoms with Crippen LogP contribution >= 0.6 is 11.8 Å². The lowest BCUT2D eigenvalue weighted by molar-refractivity contribution is -0.132. The van der Waals surface area contributed by atoms with Gasteiger partial charge in [0.15, 0.2) is 0 Å². The van der Waals surface area contributed by atoms with Gasteiger partial charge in [0, 0.05) is 30.0 Å². The highest BCUT2D eigenvalue weighted by molar-refractivity contribution is 8.00. The molecule has 0 N–H and O–H groups in total. The van der Waals surface area contributed by atoms with Crippen molar-refractivity contribution in [2.24, 2.45) is 5.92 Å². The smallest absolute Gasteiger partial charge is 0.242 e. The van der Waals surface area contributed by atoms with Crippen LogP contribution < -0.4 is 4.90 Å². The molecule has 1 aromatic carbocycles. The van der Waals surface area contributed by atoms with Crippen LogP contribution in [-0.2, 0) is 14.3 Å². The van der Waals surface area contributed by atoms with Crippen LogP contribution in [0.1, 0.15) is 19.3 Å². The molecule has 1 saturated carbocycles. The molecule has 1 saturated heterocycles. The number of hydrogen-bond donors (Lipinski definition) is 0. The van der Waals surface area contributed by atoms with E-state index in [9.17, 15) is 9.59 Å². The van der Waals surface area contributed by atoms with Crippen molar-refractivity contribution in [3.63, 3.8) is 0 Å². The second-order valence-corrected chi connectivity index (χ2v) is 7.76. The van der Waals surface area contributed by atoms with Gasteiger partial charge in [-0.1, -0.05) is 12.1 Å². The predicted molar refractivity (Wildman–Crippen MR) is 93.2 cm³/mol. The van der Waals surface area contributed by atoms with Gasteiger partial charge >= 0.3 is 0 Å². The van der Waals surface area contributed by atoms with Crippen LogP contribution in [0.25, 0.3) is 0 Å². The first kappa shape index (κ1) is 16.0. The third-order valence-corrected chi connectivity index (χ3v) is 5.94. The molecule has 2 fully saturated rings. The van der Waals surface area contributed by atoms with Gasteiger partial charge in [-0.3, -0.25) is 9.59 Å². The largest absolute Gasteiger partial charge is 0.381 e. The topological polar surface area (TPSA) is 49.9 Å². The second kappa shape index (κ2) is 6.76. The molecule has 0 spiro atoms. The molecule has 1 aliphatic carbocycles. The molecule has 0 bridgehead atoms. The van der Waals surface area contributed by atoms with Crippen LogP contribution in [0.2, 0.25) is 0 Å². The Labute approximate surface area is 146 Å². The standard InChI is InChI=1S/C18H22N2O3S/c21-17(19(14-5-6-14)9-13-7-8-23-11-13)10-20-15-3-1-2-4-16(15)24-12-18(20)22/h1-4,13-14H,5-12H2/t13-/m0/s1. The Hall–Kier alpha value is -1.53. The lowest BCUT2D eigenvalue weighted by Gasteiger charge is -2.32. The zero-order chi connectivity index (χ0) is 16.5. The summed E-state index contributed by atoms with van der Waals surface area (Å²) in [6.07, 6.45) is 3.19. The van der Waals surface area contributed by atoms with Crippen LogP contribution in [0, 0.1) is 5.92 Å². The van der Waals surface area contributed by atoms with Crippen molar-refractivity contribution in [2.75, 3.05) is 37.0 Å². The van der Waals surface area contributed by atoms with Gasteiger partial charge in [0.1, 0.15) is 6.54 Å². The highest BCUT2D eigenvalue weighted by Gasteiger charge is 2.36. The van der Waals surface area contributed by atoms with Gasteiger partial charge in [-0.2, -0.15) is 0 Å². The molecule has 2 heterocycles. The molecule has 1 atom stereocenters. The number of thioether (sulfide) groups is 1. The van der Waals surface area contributed by atoms with Gasteiger partial charge < -0.3 is 14.5 Å². The number of para-hydroxylation sites is 1. The first-order chi connectivity index (χ1) is 11.7. The molecule has 6 heteroatoms. The van der Waals surface area contributed by atoms with Crippen molar-refractivity contribution >= 4 is 29.3 Å². The Morgan fingerprint density at radius 3 is 2.88 bits per heavy atom. The molecule has 24 heavy (non-hydrogen) atoms. The fourth-order valence-electron chi connectivity index (χ4n) is 3.40. The minimum atomic E-state index is 0.0204. The average Bonchev–Trinajstić information content (AvgIpc) is 3.31. The normalized spacial score (nSPS) is 23.2. The molecule has 0 aromatic heterocycles. The Bertz CT molecular complexity index is 641. The summed E-state index contributed by atoms with van der Waals surface area (Å²) in [5.41, 5.74) is 0.868. The summed E-state index contributed by atoms with van der Waals surface area (Å²) in [6, 6.07) is 8.20. The summed E-state index contributed by atoms with van der Waals surface area (Å²) >= 11 is 1.55. The van der Waals surface area contributed by atoms with E-state index in [0.717, 1.165) is 49.6 Å². The Morgan fingerprint density at radius 1 is 1.29 bits per heavy atom. The average molecular weight is 346 g/mol. The van der Waals surface area contributed by atoms with Crippen molar-refractivity contribution in [1.29, 1.82) is 0 Å². The van der Waals surface area contributed by atoms with E-state index in [-0.39, 0.29) is 18.4 Å². The van der Waals surface area contributed by atoms with Crippen molar-refractivity contribution in [3.8, 4) is 0 Å². The van der Waals surface area contributed by atoms with Crippen LogP contribution in [0.4, 0.5) is 5.69 Å². The van der Waals surface area contributed by atoms with E-state index in [1.807, 2.05) is 29.2 Å². The number of rotatable bonds is 5. The van der Waals surface area contributed by atoms with Crippen molar-refractivity contribution in [3.05, 3.63) is 24.3 Å². The van der Waals surface area contributed by atoms with E-state index in [2.05, 4.69) is 0 Å². The number of amides is 2. The lowest BCUT2D eigenvalue weighted by Crippen LogP contribution is -2.47. The van der Waals surface area contributed by atoms with E-state index < -0.39 is 0 Å². The fraction of sp³-hybridized carbons (Fsp3) is 0.556. The summed E-state index contributed by atoms with van der Waals surface area (Å²) in [4.78, 5) is 30.0. The SMILES string of the molecule is O=C1CSc2ccccc2N1CC(=O)N(C[C@@H]1CCOC1)C1CC1. The molecule has 3 aliphatic rings. The number of ether oxygens (including phenoxy) is 1. The highest BCUT2D eigenvalue weighted by Crippen LogP contribution is 2.35. The molecule has 2 aliphatic heterocycles. The molecule has 2 amide bonds. The van der Waals surface area contributed by atoms with E-state index >= 15 is 0 Å². The maximum absolute atomic E-state index is 12.9. The molecule has 0 unspecified atom stereocenters. The molecule has 0 radical (unpaired) electrons. The van der Waals surface area contributed by atoms with Crippen LogP contribution in [0.3, 0.4) is 0 Å². The van der Waals surface area contributed by atoms with Gasteiger partial charge in [0.05, 0.1) is 18.0 Å². The van der Waals surface area contributed by atoms with Gasteiger partial charge in [-0.05, 0) is 31.4 Å². The summed E-state index contributed by atoms with van der Waals surface area (Å²) < 4.78 is 5.45. The Morgan fingerprint density at radius 2 is 2.12 bits per heavy atom.